The van der Waals surface area contributed by atoms with Crippen molar-refractivity contribution in [1.82, 2.24) is 0 Å². The zero-order chi connectivity index (χ0) is 24.0. The van der Waals surface area contributed by atoms with Crippen LogP contribution < -0.4 is 17.0 Å². The molecule has 0 aliphatic carbocycles. The van der Waals surface area contributed by atoms with Crippen LogP contribution in [0.25, 0.3) is 0 Å². The van der Waals surface area contributed by atoms with Gasteiger partial charge >= 0.3 is 0 Å². The Morgan fingerprint density at radius 2 is 0.545 bits per heavy atom. The van der Waals surface area contributed by atoms with E-state index in [1.165, 1.54) is 0 Å². The lowest BCUT2D eigenvalue weighted by Crippen LogP contribution is -3.00. The van der Waals surface area contributed by atoms with Crippen LogP contribution in [0.15, 0.2) is 0 Å². The second kappa shape index (κ2) is 22.1. The van der Waals surface area contributed by atoms with E-state index in [0.717, 1.165) is 75.0 Å². The maximum Gasteiger partial charge on any atom is 0.0725 e. The molecule has 0 spiro atoms. The molecule has 0 aromatic carbocycles. The van der Waals surface area contributed by atoms with E-state index in [0.29, 0.717) is 38.5 Å². The molecule has 0 unspecified atom stereocenters. The van der Waals surface area contributed by atoms with E-state index in [2.05, 4.69) is 36.4 Å². The largest absolute Gasteiger partial charge is 1.00 e. The minimum absolute atomic E-state index is 0. The molecule has 0 heterocycles. The van der Waals surface area contributed by atoms with Gasteiger partial charge in [-0.2, -0.15) is 31.6 Å². The SMILES string of the molecule is N#CCC[P+](CCC#N)(CCC#N)CCCCCC[P+](CCC#N)(CCC#N)CCC#N.[Br-]. The summed E-state index contributed by atoms with van der Waals surface area (Å²) >= 11 is 0. The van der Waals surface area contributed by atoms with Gasteiger partial charge in [0.05, 0.1) is 124 Å². The summed E-state index contributed by atoms with van der Waals surface area (Å²) in [6.45, 7) is 0. The molecular weight excluding hydrogens is 514 g/mol. The Bertz CT molecular complexity index is 619. The maximum atomic E-state index is 9.06. The van der Waals surface area contributed by atoms with Crippen LogP contribution in [0.3, 0.4) is 0 Å². The van der Waals surface area contributed by atoms with Gasteiger partial charge in [-0.1, -0.05) is 0 Å². The lowest BCUT2D eigenvalue weighted by atomic mass is 10.2. The Labute approximate surface area is 212 Å². The number of unbranched alkanes of at least 4 members (excludes halogenated alkanes) is 3. The Balaban J connectivity index is 0. The van der Waals surface area contributed by atoms with Crippen molar-refractivity contribution in [2.24, 2.45) is 0 Å². The first kappa shape index (κ1) is 33.5. The molecule has 0 saturated carbocycles. The van der Waals surface area contributed by atoms with Gasteiger partial charge < -0.3 is 17.0 Å². The fraction of sp³-hybridized carbons (Fsp3) is 0.750. The quantitative estimate of drug-likeness (QED) is 0.179. The number of hydrogen-bond donors (Lipinski definition) is 0. The van der Waals surface area contributed by atoms with Crippen molar-refractivity contribution in [2.45, 2.75) is 64.2 Å². The highest BCUT2D eigenvalue weighted by Crippen LogP contribution is 2.62. The Morgan fingerprint density at radius 1 is 0.333 bits per heavy atom. The second-order valence-electron chi connectivity index (χ2n) is 8.34. The Hall–Kier alpha value is -1.72. The first-order chi connectivity index (χ1) is 15.6. The molecule has 0 bridgehead atoms. The Kier molecular flexibility index (Phi) is 22.4. The van der Waals surface area contributed by atoms with Crippen LogP contribution in [0.1, 0.15) is 64.2 Å². The van der Waals surface area contributed by atoms with E-state index >= 15 is 0 Å². The van der Waals surface area contributed by atoms with Crippen molar-refractivity contribution in [2.75, 3.05) is 49.3 Å². The minimum atomic E-state index is -1.44. The fourth-order valence-corrected chi connectivity index (χ4v) is 12.2. The molecule has 178 valence electrons. The predicted octanol–water partition coefficient (Wildman–Crippen LogP) is 3.07. The number of halogens is 1. The highest BCUT2D eigenvalue weighted by molar-refractivity contribution is 7.76. The van der Waals surface area contributed by atoms with Crippen molar-refractivity contribution in [3.63, 3.8) is 0 Å². The van der Waals surface area contributed by atoms with Gasteiger partial charge in [-0.25, -0.2) is 0 Å². The number of nitriles is 6. The third-order valence-corrected chi connectivity index (χ3v) is 15.8. The molecule has 0 rings (SSSR count). The summed E-state index contributed by atoms with van der Waals surface area (Å²) in [5.41, 5.74) is 0. The van der Waals surface area contributed by atoms with E-state index in [-0.39, 0.29) is 17.0 Å². The molecule has 0 radical (unpaired) electrons. The van der Waals surface area contributed by atoms with Crippen LogP contribution in [0.2, 0.25) is 0 Å². The monoisotopic (exact) mass is 549 g/mol. The molecule has 0 saturated heterocycles. The summed E-state index contributed by atoms with van der Waals surface area (Å²) in [6.07, 6.45) is 14.6. The summed E-state index contributed by atoms with van der Waals surface area (Å²) in [5, 5.41) is 54.4. The van der Waals surface area contributed by atoms with Crippen molar-refractivity contribution < 1.29 is 17.0 Å². The summed E-state index contributed by atoms with van der Waals surface area (Å²) < 4.78 is 0. The van der Waals surface area contributed by atoms with Gasteiger partial charge in [0, 0.05) is 14.5 Å². The lowest BCUT2D eigenvalue weighted by molar-refractivity contribution is -0.00000842. The van der Waals surface area contributed by atoms with Gasteiger partial charge in [0.1, 0.15) is 0 Å². The van der Waals surface area contributed by atoms with Crippen LogP contribution in [-0.4, -0.2) is 49.3 Å². The highest BCUT2D eigenvalue weighted by Gasteiger charge is 2.37. The van der Waals surface area contributed by atoms with Gasteiger partial charge in [-0.15, -0.1) is 0 Å². The Morgan fingerprint density at radius 3 is 0.727 bits per heavy atom. The molecule has 9 heteroatoms. The molecule has 33 heavy (non-hydrogen) atoms. The van der Waals surface area contributed by atoms with Crippen LogP contribution in [-0.2, 0) is 0 Å². The van der Waals surface area contributed by atoms with Gasteiger partial charge in [-0.05, 0) is 25.7 Å². The smallest absolute Gasteiger partial charge is 0.0725 e. The number of nitrogens with zero attached hydrogens (tertiary/aromatic N) is 6. The molecule has 0 fully saturated rings. The van der Waals surface area contributed by atoms with Crippen molar-refractivity contribution in [1.29, 1.82) is 31.6 Å². The molecule has 0 aromatic heterocycles. The number of hydrogen-bond acceptors (Lipinski definition) is 6. The second-order valence-corrected chi connectivity index (χ2v) is 17.3. The topological polar surface area (TPSA) is 143 Å². The fourth-order valence-electron chi connectivity index (χ4n) is 4.31. The standard InChI is InChI=1S/C24H36N6P2.BrH/c25-11-5-19-31(20-6-12-26,21-7-13-27)17-3-1-2-4-18-32(22-8-14-28,23-9-15-29)24-10-16-30;/h1-10,17-24H2;1H/q+2;/p-1. The average Bonchev–Trinajstić information content (AvgIpc) is 2.82. The van der Waals surface area contributed by atoms with Gasteiger partial charge in [0.2, 0.25) is 0 Å². The summed E-state index contributed by atoms with van der Waals surface area (Å²) in [6, 6.07) is 13.5. The van der Waals surface area contributed by atoms with E-state index in [4.69, 9.17) is 31.6 Å². The van der Waals surface area contributed by atoms with Crippen LogP contribution >= 0.6 is 14.5 Å². The first-order valence-electron chi connectivity index (χ1n) is 11.5. The van der Waals surface area contributed by atoms with E-state index in [1.54, 1.807) is 0 Å². The van der Waals surface area contributed by atoms with E-state index < -0.39 is 14.5 Å². The third kappa shape index (κ3) is 15.7. The molecule has 0 amide bonds. The van der Waals surface area contributed by atoms with Crippen LogP contribution in [0.5, 0.6) is 0 Å². The van der Waals surface area contributed by atoms with Crippen molar-refractivity contribution in [3.05, 3.63) is 0 Å². The van der Waals surface area contributed by atoms with Crippen LogP contribution in [0, 0.1) is 68.0 Å². The first-order valence-corrected chi connectivity index (χ1v) is 16.6. The van der Waals surface area contributed by atoms with Crippen molar-refractivity contribution >= 4 is 14.5 Å². The van der Waals surface area contributed by atoms with E-state index in [1.807, 2.05) is 0 Å². The summed E-state index contributed by atoms with van der Waals surface area (Å²) in [5.74, 6) is 0. The molecule has 0 aromatic rings. The molecule has 0 aliphatic heterocycles. The normalized spacial score (nSPS) is 10.4. The number of rotatable bonds is 19. The average molecular weight is 550 g/mol. The van der Waals surface area contributed by atoms with Gasteiger partial charge in [-0.3, -0.25) is 0 Å². The minimum Gasteiger partial charge on any atom is -1.00 e. The lowest BCUT2D eigenvalue weighted by Gasteiger charge is -2.26. The zero-order valence-corrected chi connectivity index (χ0v) is 23.1. The highest BCUT2D eigenvalue weighted by atomic mass is 79.9. The van der Waals surface area contributed by atoms with Gasteiger partial charge in [0.25, 0.3) is 0 Å². The zero-order valence-electron chi connectivity index (χ0n) is 19.7. The predicted molar refractivity (Wildman–Crippen MR) is 133 cm³/mol. The summed E-state index contributed by atoms with van der Waals surface area (Å²) in [7, 11) is -2.88. The van der Waals surface area contributed by atoms with Crippen LogP contribution in [0.4, 0.5) is 0 Å². The van der Waals surface area contributed by atoms with Gasteiger partial charge in [0.15, 0.2) is 0 Å². The van der Waals surface area contributed by atoms with E-state index in [9.17, 15) is 0 Å². The molecule has 0 atom stereocenters. The summed E-state index contributed by atoms with van der Waals surface area (Å²) in [4.78, 5) is 0. The molecule has 6 nitrogen and oxygen atoms in total. The molecule has 0 N–H and O–H groups in total. The van der Waals surface area contributed by atoms with Crippen molar-refractivity contribution in [3.8, 4) is 36.4 Å². The molecule has 0 aliphatic rings. The molecular formula is C24H36BrN6P2+. The third-order valence-electron chi connectivity index (χ3n) is 6.20. The maximum absolute atomic E-state index is 9.06.